The summed E-state index contributed by atoms with van der Waals surface area (Å²) in [6.07, 6.45) is 0. The summed E-state index contributed by atoms with van der Waals surface area (Å²) < 4.78 is 10.7. The first-order chi connectivity index (χ1) is 11.5. The Hall–Kier alpha value is -2.47. The van der Waals surface area contributed by atoms with Crippen LogP contribution in [0.1, 0.15) is 36.1 Å². The number of carbonyl (C=O) groups is 1. The van der Waals surface area contributed by atoms with Gasteiger partial charge in [-0.25, -0.2) is 4.79 Å². The molecule has 2 N–H and O–H groups in total. The van der Waals surface area contributed by atoms with Gasteiger partial charge in [0.25, 0.3) is 0 Å². The van der Waals surface area contributed by atoms with Crippen LogP contribution < -0.4 is 10.1 Å². The minimum Gasteiger partial charge on any atom is -0.497 e. The summed E-state index contributed by atoms with van der Waals surface area (Å²) in [5.74, 6) is 2.22. The van der Waals surface area contributed by atoms with Crippen LogP contribution in [0, 0.1) is 6.92 Å². The Kier molecular flexibility index (Phi) is 5.87. The predicted octanol–water partition coefficient (Wildman–Crippen LogP) is 3.03. The molecule has 0 saturated carbocycles. The molecule has 1 heterocycles. The van der Waals surface area contributed by atoms with E-state index < -0.39 is 6.04 Å². The first kappa shape index (κ1) is 17.9. The van der Waals surface area contributed by atoms with Gasteiger partial charge >= 0.3 is 6.03 Å². The van der Waals surface area contributed by atoms with E-state index in [0.29, 0.717) is 5.76 Å². The van der Waals surface area contributed by atoms with E-state index in [2.05, 4.69) is 5.32 Å². The zero-order chi connectivity index (χ0) is 17.7. The smallest absolute Gasteiger partial charge is 0.318 e. The fraction of sp³-hybridized carbons (Fsp3) is 0.389. The molecular weight excluding hydrogens is 308 g/mol. The average molecular weight is 332 g/mol. The van der Waals surface area contributed by atoms with Crippen LogP contribution in [0.4, 0.5) is 4.79 Å². The molecule has 0 fully saturated rings. The van der Waals surface area contributed by atoms with Gasteiger partial charge in [0, 0.05) is 7.05 Å². The Morgan fingerprint density at radius 1 is 1.29 bits per heavy atom. The highest BCUT2D eigenvalue weighted by Gasteiger charge is 2.23. The van der Waals surface area contributed by atoms with Gasteiger partial charge in [0.15, 0.2) is 0 Å². The third kappa shape index (κ3) is 4.08. The Labute approximate surface area is 142 Å². The number of hydrogen-bond acceptors (Lipinski definition) is 4. The van der Waals surface area contributed by atoms with Crippen LogP contribution in [-0.2, 0) is 0 Å². The van der Waals surface area contributed by atoms with E-state index in [1.807, 2.05) is 38.1 Å². The number of furan rings is 1. The summed E-state index contributed by atoms with van der Waals surface area (Å²) in [6.45, 7) is 3.53. The normalized spacial score (nSPS) is 13.2. The number of nitrogens with one attached hydrogen (secondary N) is 1. The molecule has 0 radical (unpaired) electrons. The molecule has 2 atom stereocenters. The monoisotopic (exact) mass is 332 g/mol. The number of ether oxygens (including phenoxy) is 1. The number of hydrogen-bond donors (Lipinski definition) is 2. The molecule has 2 aromatic rings. The molecule has 0 saturated heterocycles. The summed E-state index contributed by atoms with van der Waals surface area (Å²) in [5.41, 5.74) is 0.831. The second-order valence-electron chi connectivity index (χ2n) is 5.70. The lowest BCUT2D eigenvalue weighted by Crippen LogP contribution is -2.41. The molecule has 0 spiro atoms. The summed E-state index contributed by atoms with van der Waals surface area (Å²) in [4.78, 5) is 13.9. The van der Waals surface area contributed by atoms with Crippen LogP contribution in [-0.4, -0.2) is 36.8 Å². The van der Waals surface area contributed by atoms with E-state index in [1.54, 1.807) is 26.3 Å². The molecule has 0 aliphatic carbocycles. The number of methoxy groups -OCH3 is 1. The van der Waals surface area contributed by atoms with Crippen LogP contribution in [0.3, 0.4) is 0 Å². The van der Waals surface area contributed by atoms with Gasteiger partial charge in [-0.2, -0.15) is 0 Å². The number of aliphatic hydroxyl groups excluding tert-OH is 1. The van der Waals surface area contributed by atoms with E-state index in [9.17, 15) is 9.90 Å². The molecule has 130 valence electrons. The second kappa shape index (κ2) is 7.88. The van der Waals surface area contributed by atoms with E-state index in [1.165, 1.54) is 4.90 Å². The Morgan fingerprint density at radius 2 is 1.96 bits per heavy atom. The van der Waals surface area contributed by atoms with Crippen LogP contribution in [0.15, 0.2) is 40.8 Å². The van der Waals surface area contributed by atoms with Gasteiger partial charge in [-0.05, 0) is 43.7 Å². The fourth-order valence-electron chi connectivity index (χ4n) is 2.46. The van der Waals surface area contributed by atoms with Gasteiger partial charge in [0.2, 0.25) is 0 Å². The summed E-state index contributed by atoms with van der Waals surface area (Å²) >= 11 is 0. The number of aryl methyl sites for hydroxylation is 1. The number of benzene rings is 1. The Balaban J connectivity index is 2.06. The number of carbonyl (C=O) groups excluding carboxylic acids is 1. The molecular formula is C18H24N2O4. The molecule has 0 bridgehead atoms. The molecule has 0 aliphatic heterocycles. The number of aliphatic hydroxyl groups is 1. The van der Waals surface area contributed by atoms with Gasteiger partial charge in [-0.3, -0.25) is 0 Å². The predicted molar refractivity (Wildman–Crippen MR) is 91.0 cm³/mol. The minimum atomic E-state index is -0.443. The molecule has 0 aliphatic rings. The highest BCUT2D eigenvalue weighted by Crippen LogP contribution is 2.23. The lowest BCUT2D eigenvalue weighted by Gasteiger charge is -2.28. The quantitative estimate of drug-likeness (QED) is 0.852. The summed E-state index contributed by atoms with van der Waals surface area (Å²) in [5, 5.41) is 12.6. The van der Waals surface area contributed by atoms with Crippen molar-refractivity contribution in [2.75, 3.05) is 20.8 Å². The Bertz CT molecular complexity index is 666. The summed E-state index contributed by atoms with van der Waals surface area (Å²) in [6, 6.07) is 9.99. The van der Waals surface area contributed by atoms with Gasteiger partial charge in [0.05, 0.1) is 25.8 Å². The van der Waals surface area contributed by atoms with Crippen molar-refractivity contribution in [1.29, 1.82) is 0 Å². The van der Waals surface area contributed by atoms with Crippen LogP contribution in [0.2, 0.25) is 0 Å². The van der Waals surface area contributed by atoms with Crippen molar-refractivity contribution in [3.8, 4) is 5.75 Å². The number of likely N-dealkylation sites (N-methyl/N-ethyl adjacent to an activating group) is 1. The number of amides is 2. The molecule has 24 heavy (non-hydrogen) atoms. The molecule has 1 aromatic heterocycles. The number of nitrogens with zero attached hydrogens (tertiary/aromatic N) is 1. The summed E-state index contributed by atoms with van der Waals surface area (Å²) in [7, 11) is 3.25. The molecule has 1 aromatic carbocycles. The lowest BCUT2D eigenvalue weighted by atomic mass is 10.1. The van der Waals surface area contributed by atoms with Crippen molar-refractivity contribution >= 4 is 6.03 Å². The van der Waals surface area contributed by atoms with Crippen LogP contribution >= 0.6 is 0 Å². The fourth-order valence-corrected chi connectivity index (χ4v) is 2.46. The maximum atomic E-state index is 12.5. The largest absolute Gasteiger partial charge is 0.497 e. The first-order valence-corrected chi connectivity index (χ1v) is 7.80. The van der Waals surface area contributed by atoms with Crippen molar-refractivity contribution < 1.29 is 19.1 Å². The van der Waals surface area contributed by atoms with E-state index in [-0.39, 0.29) is 18.7 Å². The highest BCUT2D eigenvalue weighted by atomic mass is 16.5. The molecule has 6 nitrogen and oxygen atoms in total. The van der Waals surface area contributed by atoms with Gasteiger partial charge in [-0.15, -0.1) is 0 Å². The first-order valence-electron chi connectivity index (χ1n) is 7.80. The van der Waals surface area contributed by atoms with Crippen molar-refractivity contribution in [2.45, 2.75) is 25.9 Å². The average Bonchev–Trinajstić information content (AvgIpc) is 3.02. The van der Waals surface area contributed by atoms with E-state index in [0.717, 1.165) is 17.1 Å². The van der Waals surface area contributed by atoms with Gasteiger partial charge in [-0.1, -0.05) is 12.1 Å². The van der Waals surface area contributed by atoms with Crippen molar-refractivity contribution in [2.24, 2.45) is 0 Å². The SMILES string of the molecule is COc1ccc([C@@H](CO)N(C)C(=O)N[C@@H](C)c2ccc(C)o2)cc1. The van der Waals surface area contributed by atoms with Crippen molar-refractivity contribution in [3.63, 3.8) is 0 Å². The molecule has 0 unspecified atom stereocenters. The third-order valence-electron chi connectivity index (χ3n) is 3.99. The van der Waals surface area contributed by atoms with Crippen LogP contribution in [0.25, 0.3) is 0 Å². The van der Waals surface area contributed by atoms with Gasteiger partial charge < -0.3 is 24.5 Å². The molecule has 2 amide bonds. The van der Waals surface area contributed by atoms with Crippen molar-refractivity contribution in [3.05, 3.63) is 53.5 Å². The van der Waals surface area contributed by atoms with Crippen LogP contribution in [0.5, 0.6) is 5.75 Å². The number of urea groups is 1. The molecule has 6 heteroatoms. The third-order valence-corrected chi connectivity index (χ3v) is 3.99. The highest BCUT2D eigenvalue weighted by molar-refractivity contribution is 5.75. The maximum Gasteiger partial charge on any atom is 0.318 e. The zero-order valence-corrected chi connectivity index (χ0v) is 14.4. The van der Waals surface area contributed by atoms with E-state index in [4.69, 9.17) is 9.15 Å². The van der Waals surface area contributed by atoms with Crippen molar-refractivity contribution in [1.82, 2.24) is 10.2 Å². The van der Waals surface area contributed by atoms with E-state index >= 15 is 0 Å². The Morgan fingerprint density at radius 3 is 2.46 bits per heavy atom. The van der Waals surface area contributed by atoms with Gasteiger partial charge in [0.1, 0.15) is 17.3 Å². The lowest BCUT2D eigenvalue weighted by molar-refractivity contribution is 0.147. The topological polar surface area (TPSA) is 74.9 Å². The maximum absolute atomic E-state index is 12.5. The number of rotatable bonds is 6. The zero-order valence-electron chi connectivity index (χ0n) is 14.4. The second-order valence-corrected chi connectivity index (χ2v) is 5.70. The minimum absolute atomic E-state index is 0.176. The molecule has 2 rings (SSSR count). The standard InChI is InChI=1S/C18H24N2O4/c1-12-5-10-17(24-12)13(2)19-18(22)20(3)16(11-21)14-6-8-15(23-4)9-7-14/h5-10,13,16,21H,11H2,1-4H3,(H,19,22)/t13-,16+/m0/s1.